The summed E-state index contributed by atoms with van der Waals surface area (Å²) in [4.78, 5) is 4.38. The maximum atomic E-state index is 4.48. The van der Waals surface area contributed by atoms with Crippen molar-refractivity contribution in [2.75, 3.05) is 13.6 Å². The van der Waals surface area contributed by atoms with Crippen molar-refractivity contribution in [3.05, 3.63) is 88.7 Å². The first-order valence-corrected chi connectivity index (χ1v) is 10.1. The smallest absolute Gasteiger partial charge is 0.191 e. The lowest BCUT2D eigenvalue weighted by atomic mass is 9.88. The average molecular weight is 517 g/mol. The average Bonchev–Trinajstić information content (AvgIpc) is 3.00. The van der Waals surface area contributed by atoms with Crippen LogP contribution in [0.25, 0.3) is 0 Å². The van der Waals surface area contributed by atoms with Gasteiger partial charge in [0.1, 0.15) is 0 Å². The lowest BCUT2D eigenvalue weighted by Gasteiger charge is -2.19. The van der Waals surface area contributed by atoms with Crippen LogP contribution in [0.2, 0.25) is 0 Å². The Kier molecular flexibility index (Phi) is 9.36. The molecular weight excluding hydrogens is 485 g/mol. The summed E-state index contributed by atoms with van der Waals surface area (Å²) < 4.78 is 1.92. The number of aliphatic imine (C=N–C) groups is 1. The van der Waals surface area contributed by atoms with Gasteiger partial charge in [-0.1, -0.05) is 60.7 Å². The monoisotopic (exact) mass is 517 g/mol. The minimum absolute atomic E-state index is 0. The zero-order valence-corrected chi connectivity index (χ0v) is 20.6. The van der Waals surface area contributed by atoms with E-state index in [-0.39, 0.29) is 24.0 Å². The molecule has 0 unspecified atom stereocenters. The van der Waals surface area contributed by atoms with E-state index in [1.54, 1.807) is 0 Å². The van der Waals surface area contributed by atoms with E-state index in [9.17, 15) is 0 Å². The van der Waals surface area contributed by atoms with Gasteiger partial charge in [-0.3, -0.25) is 9.67 Å². The number of hydrogen-bond donors (Lipinski definition) is 2. The molecule has 0 saturated heterocycles. The molecule has 5 nitrogen and oxygen atoms in total. The van der Waals surface area contributed by atoms with E-state index in [1.807, 2.05) is 25.7 Å². The van der Waals surface area contributed by atoms with Gasteiger partial charge in [-0.05, 0) is 31.4 Å². The van der Waals surface area contributed by atoms with E-state index in [0.717, 1.165) is 24.6 Å². The molecule has 0 fully saturated rings. The molecule has 2 N–H and O–H groups in total. The fraction of sp³-hybridized carbons (Fsp3) is 0.333. The highest BCUT2D eigenvalue weighted by molar-refractivity contribution is 14.0. The summed E-state index contributed by atoms with van der Waals surface area (Å²) in [5, 5.41) is 11.4. The second kappa shape index (κ2) is 11.7. The van der Waals surface area contributed by atoms with Crippen molar-refractivity contribution >= 4 is 29.9 Å². The summed E-state index contributed by atoms with van der Waals surface area (Å²) in [6.45, 7) is 5.69. The molecule has 0 aliphatic carbocycles. The van der Waals surface area contributed by atoms with E-state index in [0.29, 0.717) is 12.5 Å². The SMILES string of the molecule is CN=C(NCCC(c1ccccc1)c1ccccc1)NCc1c(C)nn(C)c1C.I. The number of aryl methyl sites for hydroxylation is 2. The standard InChI is InChI=1S/C24H31N5.HI/c1-18-23(19(2)29(4)28-18)17-27-24(25-3)26-16-15-22(20-11-7-5-8-12-20)21-13-9-6-10-14-21;/h5-14,22H,15-17H2,1-4H3,(H2,25,26,27);1H. The molecule has 0 bridgehead atoms. The quantitative estimate of drug-likeness (QED) is 0.275. The van der Waals surface area contributed by atoms with E-state index in [4.69, 9.17) is 0 Å². The minimum atomic E-state index is 0. The molecule has 0 aliphatic rings. The summed E-state index contributed by atoms with van der Waals surface area (Å²) >= 11 is 0. The summed E-state index contributed by atoms with van der Waals surface area (Å²) in [6.07, 6.45) is 0.986. The summed E-state index contributed by atoms with van der Waals surface area (Å²) in [7, 11) is 3.79. The van der Waals surface area contributed by atoms with E-state index in [1.165, 1.54) is 22.4 Å². The Morgan fingerprint density at radius 2 is 1.53 bits per heavy atom. The van der Waals surface area contributed by atoms with Gasteiger partial charge in [0.25, 0.3) is 0 Å². The molecule has 3 rings (SSSR count). The first kappa shape index (κ1) is 23.9. The van der Waals surface area contributed by atoms with Crippen LogP contribution >= 0.6 is 24.0 Å². The van der Waals surface area contributed by atoms with Crippen LogP contribution in [0, 0.1) is 13.8 Å². The Morgan fingerprint density at radius 3 is 2.00 bits per heavy atom. The molecule has 6 heteroatoms. The number of halogens is 1. The second-order valence-corrected chi connectivity index (χ2v) is 7.29. The zero-order chi connectivity index (χ0) is 20.6. The molecule has 0 atom stereocenters. The minimum Gasteiger partial charge on any atom is -0.356 e. The number of rotatable bonds is 7. The molecular formula is C24H32IN5. The zero-order valence-electron chi connectivity index (χ0n) is 18.2. The summed E-state index contributed by atoms with van der Waals surface area (Å²) in [6, 6.07) is 21.4. The Hall–Kier alpha value is -2.35. The molecule has 1 aromatic heterocycles. The van der Waals surface area contributed by atoms with Crippen molar-refractivity contribution < 1.29 is 0 Å². The van der Waals surface area contributed by atoms with Gasteiger partial charge in [-0.15, -0.1) is 24.0 Å². The first-order valence-electron chi connectivity index (χ1n) is 10.1. The van der Waals surface area contributed by atoms with Crippen molar-refractivity contribution in [2.24, 2.45) is 12.0 Å². The first-order chi connectivity index (χ1) is 14.1. The van der Waals surface area contributed by atoms with Crippen LogP contribution in [0.15, 0.2) is 65.7 Å². The van der Waals surface area contributed by atoms with Gasteiger partial charge in [0.05, 0.1) is 5.69 Å². The van der Waals surface area contributed by atoms with Crippen LogP contribution < -0.4 is 10.6 Å². The molecule has 0 aliphatic heterocycles. The molecule has 0 amide bonds. The normalized spacial score (nSPS) is 11.3. The van der Waals surface area contributed by atoms with Gasteiger partial charge in [-0.25, -0.2) is 0 Å². The van der Waals surface area contributed by atoms with Crippen molar-refractivity contribution in [2.45, 2.75) is 32.7 Å². The van der Waals surface area contributed by atoms with Gasteiger partial charge >= 0.3 is 0 Å². The molecule has 3 aromatic rings. The predicted octanol–water partition coefficient (Wildman–Crippen LogP) is 4.54. The van der Waals surface area contributed by atoms with Gasteiger partial charge in [0, 0.05) is 44.4 Å². The third kappa shape index (κ3) is 6.08. The number of benzene rings is 2. The van der Waals surface area contributed by atoms with Crippen LogP contribution in [-0.2, 0) is 13.6 Å². The highest BCUT2D eigenvalue weighted by atomic mass is 127. The predicted molar refractivity (Wildman–Crippen MR) is 136 cm³/mol. The summed E-state index contributed by atoms with van der Waals surface area (Å²) in [5.74, 6) is 1.17. The Labute approximate surface area is 197 Å². The Morgan fingerprint density at radius 1 is 0.967 bits per heavy atom. The number of guanidine groups is 1. The third-order valence-corrected chi connectivity index (χ3v) is 5.44. The molecule has 1 heterocycles. The van der Waals surface area contributed by atoms with Crippen molar-refractivity contribution in [3.8, 4) is 0 Å². The van der Waals surface area contributed by atoms with Gasteiger partial charge in [-0.2, -0.15) is 5.10 Å². The van der Waals surface area contributed by atoms with Crippen molar-refractivity contribution in [3.63, 3.8) is 0 Å². The third-order valence-electron chi connectivity index (χ3n) is 5.44. The van der Waals surface area contributed by atoms with Gasteiger partial charge in [0.2, 0.25) is 0 Å². The van der Waals surface area contributed by atoms with Crippen LogP contribution in [0.4, 0.5) is 0 Å². The Bertz CT molecular complexity index is 895. The fourth-order valence-corrected chi connectivity index (χ4v) is 3.70. The largest absolute Gasteiger partial charge is 0.356 e. The highest BCUT2D eigenvalue weighted by Gasteiger charge is 2.14. The topological polar surface area (TPSA) is 54.2 Å². The van der Waals surface area contributed by atoms with Crippen LogP contribution in [0.3, 0.4) is 0 Å². The van der Waals surface area contributed by atoms with E-state index >= 15 is 0 Å². The Balaban J connectivity index is 0.00000320. The van der Waals surface area contributed by atoms with Crippen molar-refractivity contribution in [1.29, 1.82) is 0 Å². The lowest BCUT2D eigenvalue weighted by molar-refractivity contribution is 0.678. The lowest BCUT2D eigenvalue weighted by Crippen LogP contribution is -2.38. The number of aromatic nitrogens is 2. The maximum absolute atomic E-state index is 4.48. The molecule has 0 saturated carbocycles. The molecule has 0 radical (unpaired) electrons. The van der Waals surface area contributed by atoms with Gasteiger partial charge < -0.3 is 10.6 Å². The number of nitrogens with one attached hydrogen (secondary N) is 2. The van der Waals surface area contributed by atoms with E-state index in [2.05, 4.69) is 88.3 Å². The molecule has 160 valence electrons. The number of nitrogens with zero attached hydrogens (tertiary/aromatic N) is 3. The highest BCUT2D eigenvalue weighted by Crippen LogP contribution is 2.27. The fourth-order valence-electron chi connectivity index (χ4n) is 3.70. The van der Waals surface area contributed by atoms with Crippen LogP contribution in [0.5, 0.6) is 0 Å². The summed E-state index contributed by atoms with van der Waals surface area (Å²) in [5.41, 5.74) is 6.14. The van der Waals surface area contributed by atoms with Crippen LogP contribution in [0.1, 0.15) is 40.4 Å². The molecule has 30 heavy (non-hydrogen) atoms. The van der Waals surface area contributed by atoms with Crippen LogP contribution in [-0.4, -0.2) is 29.3 Å². The molecule has 0 spiro atoms. The molecule has 2 aromatic carbocycles. The maximum Gasteiger partial charge on any atom is 0.191 e. The second-order valence-electron chi connectivity index (χ2n) is 7.29. The van der Waals surface area contributed by atoms with Gasteiger partial charge in [0.15, 0.2) is 5.96 Å². The van der Waals surface area contributed by atoms with E-state index < -0.39 is 0 Å². The van der Waals surface area contributed by atoms with Crippen molar-refractivity contribution in [1.82, 2.24) is 20.4 Å². The number of hydrogen-bond acceptors (Lipinski definition) is 2.